The molecule has 0 aromatic heterocycles. The van der Waals surface area contributed by atoms with Crippen molar-refractivity contribution >= 4 is 18.3 Å². The summed E-state index contributed by atoms with van der Waals surface area (Å²) in [6.45, 7) is 5.41. The average Bonchev–Trinajstić information content (AvgIpc) is 2.79. The topological polar surface area (TPSA) is 32.3 Å². The van der Waals surface area contributed by atoms with Gasteiger partial charge in [0.05, 0.1) is 6.54 Å². The Hall–Kier alpha value is -1.84. The zero-order chi connectivity index (χ0) is 17.4. The van der Waals surface area contributed by atoms with E-state index in [-0.39, 0.29) is 30.4 Å². The Morgan fingerprint density at radius 3 is 2.04 bits per heavy atom. The lowest BCUT2D eigenvalue weighted by Gasteiger charge is -2.40. The molecule has 1 aliphatic carbocycles. The summed E-state index contributed by atoms with van der Waals surface area (Å²) < 4.78 is 0. The van der Waals surface area contributed by atoms with E-state index in [1.54, 1.807) is 0 Å². The quantitative estimate of drug-likeness (QED) is 0.876. The Bertz CT molecular complexity index is 742. The monoisotopic (exact) mass is 370 g/mol. The number of fused-ring (bicyclic) bond motifs is 2. The fraction of sp³-hybridized carbons (Fsp3) is 0.409. The van der Waals surface area contributed by atoms with Crippen LogP contribution in [0.15, 0.2) is 48.5 Å². The van der Waals surface area contributed by atoms with Gasteiger partial charge in [-0.05, 0) is 48.9 Å². The van der Waals surface area contributed by atoms with Crippen LogP contribution in [0, 0.1) is 0 Å². The van der Waals surface area contributed by atoms with Gasteiger partial charge in [-0.3, -0.25) is 4.79 Å². The smallest absolute Gasteiger partial charge is 0.236 e. The van der Waals surface area contributed by atoms with Crippen molar-refractivity contribution in [3.05, 3.63) is 70.8 Å². The third-order valence-electron chi connectivity index (χ3n) is 5.70. The van der Waals surface area contributed by atoms with E-state index in [4.69, 9.17) is 0 Å². The second-order valence-corrected chi connectivity index (χ2v) is 7.50. The molecular weight excluding hydrogens is 344 g/mol. The molecule has 0 unspecified atom stereocenters. The van der Waals surface area contributed by atoms with E-state index in [2.05, 4.69) is 67.7 Å². The van der Waals surface area contributed by atoms with Gasteiger partial charge in [-0.1, -0.05) is 48.5 Å². The number of amides is 1. The van der Waals surface area contributed by atoms with Crippen LogP contribution < -0.4 is 5.32 Å². The van der Waals surface area contributed by atoms with Crippen LogP contribution in [-0.2, 0) is 17.6 Å². The summed E-state index contributed by atoms with van der Waals surface area (Å²) in [5, 5.41) is 3.54. The van der Waals surface area contributed by atoms with Gasteiger partial charge in [0.15, 0.2) is 0 Å². The summed E-state index contributed by atoms with van der Waals surface area (Å²) >= 11 is 0. The summed E-state index contributed by atoms with van der Waals surface area (Å²) in [5.74, 6) is 0.505. The second-order valence-electron chi connectivity index (χ2n) is 7.50. The van der Waals surface area contributed by atoms with E-state index >= 15 is 0 Å². The van der Waals surface area contributed by atoms with Crippen LogP contribution in [0.25, 0.3) is 0 Å². The number of halogens is 1. The highest BCUT2D eigenvalue weighted by Crippen LogP contribution is 2.37. The van der Waals surface area contributed by atoms with Crippen molar-refractivity contribution in [1.82, 2.24) is 10.2 Å². The zero-order valence-electron chi connectivity index (χ0n) is 15.4. The Kier molecular flexibility index (Phi) is 5.69. The molecule has 2 aromatic carbocycles. The molecule has 138 valence electrons. The number of hydrogen-bond acceptors (Lipinski definition) is 2. The lowest BCUT2D eigenvalue weighted by atomic mass is 9.81. The number of piperazine rings is 1. The molecule has 4 rings (SSSR count). The normalized spacial score (nSPS) is 20.2. The summed E-state index contributed by atoms with van der Waals surface area (Å²) in [5.41, 5.74) is 5.73. The number of carbonyl (C=O) groups excluding carboxylic acids is 1. The first-order chi connectivity index (χ1) is 12.1. The highest BCUT2D eigenvalue weighted by atomic mass is 35.5. The van der Waals surface area contributed by atoms with E-state index < -0.39 is 0 Å². The fourth-order valence-corrected chi connectivity index (χ4v) is 4.42. The van der Waals surface area contributed by atoms with Gasteiger partial charge in [-0.25, -0.2) is 0 Å². The molecule has 2 aromatic rings. The van der Waals surface area contributed by atoms with Crippen molar-refractivity contribution in [2.75, 3.05) is 13.1 Å². The predicted molar refractivity (Wildman–Crippen MR) is 108 cm³/mol. The molecule has 0 radical (unpaired) electrons. The molecule has 1 atom stereocenters. The average molecular weight is 371 g/mol. The van der Waals surface area contributed by atoms with Crippen molar-refractivity contribution in [3.63, 3.8) is 0 Å². The molecule has 1 saturated heterocycles. The van der Waals surface area contributed by atoms with Crippen LogP contribution in [0.1, 0.15) is 42.0 Å². The Balaban J connectivity index is 0.00000196. The maximum absolute atomic E-state index is 12.3. The molecular formula is C22H27ClN2O. The van der Waals surface area contributed by atoms with Crippen molar-refractivity contribution in [2.45, 2.75) is 44.7 Å². The SMILES string of the molecule is CC(C)N1C[C@H](C2c3ccccc3CCc3ccccc32)NCC1=O.Cl. The van der Waals surface area contributed by atoms with Gasteiger partial charge in [0.25, 0.3) is 0 Å². The summed E-state index contributed by atoms with van der Waals surface area (Å²) in [7, 11) is 0. The summed E-state index contributed by atoms with van der Waals surface area (Å²) in [4.78, 5) is 14.3. The van der Waals surface area contributed by atoms with E-state index in [1.165, 1.54) is 22.3 Å². The number of nitrogens with one attached hydrogen (secondary N) is 1. The number of benzene rings is 2. The lowest BCUT2D eigenvalue weighted by molar-refractivity contribution is -0.134. The summed E-state index contributed by atoms with van der Waals surface area (Å²) in [6, 6.07) is 18.2. The van der Waals surface area contributed by atoms with Gasteiger partial charge in [0, 0.05) is 24.5 Å². The molecule has 1 fully saturated rings. The Morgan fingerprint density at radius 1 is 0.962 bits per heavy atom. The van der Waals surface area contributed by atoms with Crippen LogP contribution in [0.3, 0.4) is 0 Å². The number of aryl methyl sites for hydroxylation is 2. The first kappa shape index (κ1) is 18.9. The molecule has 1 N–H and O–H groups in total. The van der Waals surface area contributed by atoms with Gasteiger partial charge in [0.1, 0.15) is 0 Å². The highest BCUT2D eigenvalue weighted by Gasteiger charge is 2.35. The summed E-state index contributed by atoms with van der Waals surface area (Å²) in [6.07, 6.45) is 2.17. The molecule has 4 heteroatoms. The van der Waals surface area contributed by atoms with Gasteiger partial charge >= 0.3 is 0 Å². The van der Waals surface area contributed by atoms with E-state index in [0.29, 0.717) is 12.5 Å². The van der Waals surface area contributed by atoms with E-state index in [0.717, 1.165) is 19.4 Å². The van der Waals surface area contributed by atoms with Gasteiger partial charge in [-0.2, -0.15) is 0 Å². The molecule has 0 saturated carbocycles. The highest BCUT2D eigenvalue weighted by molar-refractivity contribution is 5.85. The third kappa shape index (κ3) is 3.38. The standard InChI is InChI=1S/C22H26N2O.ClH/c1-15(2)24-14-20(23-13-21(24)25)22-18-9-5-3-7-16(18)11-12-17-8-4-6-10-19(17)22;/h3-10,15,20,22-23H,11-14H2,1-2H3;1H/t20-;/m1./s1. The first-order valence-corrected chi connectivity index (χ1v) is 9.33. The third-order valence-corrected chi connectivity index (χ3v) is 5.70. The number of nitrogens with zero attached hydrogens (tertiary/aromatic N) is 1. The van der Waals surface area contributed by atoms with Crippen LogP contribution in [-0.4, -0.2) is 36.0 Å². The van der Waals surface area contributed by atoms with Gasteiger partial charge < -0.3 is 10.2 Å². The minimum absolute atomic E-state index is 0. The van der Waals surface area contributed by atoms with Crippen molar-refractivity contribution in [1.29, 1.82) is 0 Å². The van der Waals surface area contributed by atoms with Crippen molar-refractivity contribution < 1.29 is 4.79 Å². The fourth-order valence-electron chi connectivity index (χ4n) is 4.42. The molecule has 0 spiro atoms. The maximum Gasteiger partial charge on any atom is 0.236 e. The molecule has 1 aliphatic heterocycles. The van der Waals surface area contributed by atoms with Crippen molar-refractivity contribution in [2.24, 2.45) is 0 Å². The molecule has 26 heavy (non-hydrogen) atoms. The number of hydrogen-bond donors (Lipinski definition) is 1. The zero-order valence-corrected chi connectivity index (χ0v) is 16.3. The van der Waals surface area contributed by atoms with Gasteiger partial charge in [-0.15, -0.1) is 12.4 Å². The molecule has 0 bridgehead atoms. The second kappa shape index (κ2) is 7.81. The number of rotatable bonds is 2. The van der Waals surface area contributed by atoms with Crippen LogP contribution >= 0.6 is 12.4 Å². The lowest BCUT2D eigenvalue weighted by Crippen LogP contribution is -2.58. The van der Waals surface area contributed by atoms with E-state index in [9.17, 15) is 4.79 Å². The molecule has 1 heterocycles. The van der Waals surface area contributed by atoms with Gasteiger partial charge in [0.2, 0.25) is 5.91 Å². The van der Waals surface area contributed by atoms with Crippen LogP contribution in [0.5, 0.6) is 0 Å². The Morgan fingerprint density at radius 2 is 1.50 bits per heavy atom. The molecule has 3 nitrogen and oxygen atoms in total. The number of carbonyl (C=O) groups is 1. The minimum atomic E-state index is 0. The Labute approximate surface area is 162 Å². The predicted octanol–water partition coefficient (Wildman–Crippen LogP) is 3.55. The van der Waals surface area contributed by atoms with Crippen LogP contribution in [0.2, 0.25) is 0 Å². The van der Waals surface area contributed by atoms with Crippen molar-refractivity contribution in [3.8, 4) is 0 Å². The first-order valence-electron chi connectivity index (χ1n) is 9.33. The maximum atomic E-state index is 12.3. The minimum Gasteiger partial charge on any atom is -0.338 e. The molecule has 2 aliphatic rings. The van der Waals surface area contributed by atoms with Crippen LogP contribution in [0.4, 0.5) is 0 Å². The van der Waals surface area contributed by atoms with E-state index in [1.807, 2.05) is 4.90 Å². The largest absolute Gasteiger partial charge is 0.338 e. The molecule has 1 amide bonds.